The molecule has 0 saturated heterocycles. The average Bonchev–Trinajstić information content (AvgIpc) is 2.94. The number of nitrogens with one attached hydrogen (secondary N) is 2. The largest absolute Gasteiger partial charge is 0.497 e. The molecule has 0 aliphatic heterocycles. The second-order valence-electron chi connectivity index (χ2n) is 8.63. The number of thioether (sulfide) groups is 1. The van der Waals surface area contributed by atoms with E-state index in [1.165, 1.54) is 17.3 Å². The predicted octanol–water partition coefficient (Wildman–Crippen LogP) is 4.28. The van der Waals surface area contributed by atoms with Gasteiger partial charge in [-0.2, -0.15) is 0 Å². The van der Waals surface area contributed by atoms with Crippen LogP contribution in [0.5, 0.6) is 5.75 Å². The standard InChI is InChI=1S/C29H30N4O4S/c1-37-23-12-7-11-22(19-23)31-27(35)20-38-29-32-25-14-6-5-13-24(25)28(36)33(29)18-8-15-26(34)30-17-16-21-9-3-2-4-10-21/h2-7,9-14,19H,8,15-18,20H2,1H3,(H,30,34)(H,31,35). The fraction of sp³-hybridized carbons (Fsp3) is 0.241. The van der Waals surface area contributed by atoms with Gasteiger partial charge >= 0.3 is 0 Å². The monoisotopic (exact) mass is 530 g/mol. The summed E-state index contributed by atoms with van der Waals surface area (Å²) in [6.45, 7) is 0.881. The number of nitrogens with zero attached hydrogens (tertiary/aromatic N) is 2. The van der Waals surface area contributed by atoms with Crippen LogP contribution in [0, 0.1) is 0 Å². The second kappa shape index (κ2) is 13.4. The zero-order valence-corrected chi connectivity index (χ0v) is 22.0. The Labute approximate surface area is 225 Å². The number of rotatable bonds is 12. The summed E-state index contributed by atoms with van der Waals surface area (Å²) in [5, 5.41) is 6.73. The highest BCUT2D eigenvalue weighted by molar-refractivity contribution is 7.99. The first-order chi connectivity index (χ1) is 18.5. The maximum Gasteiger partial charge on any atom is 0.262 e. The van der Waals surface area contributed by atoms with E-state index in [1.54, 1.807) is 54.1 Å². The van der Waals surface area contributed by atoms with Crippen LogP contribution in [-0.4, -0.2) is 40.8 Å². The SMILES string of the molecule is COc1cccc(NC(=O)CSc2nc3ccccc3c(=O)n2CCCC(=O)NCCc2ccccc2)c1. The molecule has 4 rings (SSSR count). The van der Waals surface area contributed by atoms with Crippen LogP contribution in [0.15, 0.2) is 88.8 Å². The molecular weight excluding hydrogens is 500 g/mol. The number of aromatic nitrogens is 2. The molecular formula is C29H30N4O4S. The Bertz CT molecular complexity index is 1460. The Morgan fingerprint density at radius 1 is 0.974 bits per heavy atom. The lowest BCUT2D eigenvalue weighted by atomic mass is 10.1. The summed E-state index contributed by atoms with van der Waals surface area (Å²) in [5.41, 5.74) is 2.18. The molecule has 0 bridgehead atoms. The van der Waals surface area contributed by atoms with Crippen molar-refractivity contribution in [3.63, 3.8) is 0 Å². The summed E-state index contributed by atoms with van der Waals surface area (Å²) in [7, 11) is 1.57. The molecule has 0 fully saturated rings. The van der Waals surface area contributed by atoms with E-state index in [2.05, 4.69) is 15.6 Å². The maximum atomic E-state index is 13.3. The Morgan fingerprint density at radius 2 is 1.76 bits per heavy atom. The number of hydrogen-bond acceptors (Lipinski definition) is 6. The van der Waals surface area contributed by atoms with Crippen LogP contribution in [-0.2, 0) is 22.6 Å². The van der Waals surface area contributed by atoms with Crippen molar-refractivity contribution in [1.29, 1.82) is 0 Å². The highest BCUT2D eigenvalue weighted by Crippen LogP contribution is 2.20. The Morgan fingerprint density at radius 3 is 2.58 bits per heavy atom. The summed E-state index contributed by atoms with van der Waals surface area (Å²) in [6.07, 6.45) is 1.52. The van der Waals surface area contributed by atoms with Crippen molar-refractivity contribution < 1.29 is 14.3 Å². The smallest absolute Gasteiger partial charge is 0.262 e. The van der Waals surface area contributed by atoms with Crippen molar-refractivity contribution in [3.8, 4) is 5.75 Å². The van der Waals surface area contributed by atoms with Gasteiger partial charge in [0, 0.05) is 31.3 Å². The maximum absolute atomic E-state index is 13.3. The summed E-state index contributed by atoms with van der Waals surface area (Å²) in [5.74, 6) is 0.427. The lowest BCUT2D eigenvalue weighted by molar-refractivity contribution is -0.121. The zero-order valence-electron chi connectivity index (χ0n) is 21.2. The molecule has 0 aliphatic rings. The number of benzene rings is 3. The quantitative estimate of drug-likeness (QED) is 0.209. The van der Waals surface area contributed by atoms with Gasteiger partial charge < -0.3 is 15.4 Å². The molecule has 4 aromatic rings. The average molecular weight is 531 g/mol. The number of anilines is 1. The van der Waals surface area contributed by atoms with Crippen LogP contribution in [0.1, 0.15) is 18.4 Å². The number of carbonyl (C=O) groups is 2. The van der Waals surface area contributed by atoms with E-state index in [0.717, 1.165) is 6.42 Å². The summed E-state index contributed by atoms with van der Waals surface area (Å²) >= 11 is 1.19. The van der Waals surface area contributed by atoms with Gasteiger partial charge in [0.25, 0.3) is 5.56 Å². The van der Waals surface area contributed by atoms with Crippen LogP contribution < -0.4 is 20.9 Å². The van der Waals surface area contributed by atoms with Gasteiger partial charge in [-0.1, -0.05) is 60.3 Å². The van der Waals surface area contributed by atoms with Crippen molar-refractivity contribution in [1.82, 2.24) is 14.9 Å². The fourth-order valence-electron chi connectivity index (χ4n) is 3.96. The first-order valence-corrected chi connectivity index (χ1v) is 13.4. The third kappa shape index (κ3) is 7.45. The van der Waals surface area contributed by atoms with Gasteiger partial charge in [-0.3, -0.25) is 19.0 Å². The van der Waals surface area contributed by atoms with Gasteiger partial charge in [-0.05, 0) is 42.7 Å². The first kappa shape index (κ1) is 26.9. The molecule has 1 aromatic heterocycles. The van der Waals surface area contributed by atoms with Crippen molar-refractivity contribution in [2.75, 3.05) is 24.7 Å². The minimum absolute atomic E-state index is 0.0606. The second-order valence-corrected chi connectivity index (χ2v) is 9.57. The molecule has 0 unspecified atom stereocenters. The lowest BCUT2D eigenvalue weighted by Gasteiger charge is -2.13. The summed E-state index contributed by atoms with van der Waals surface area (Å²) in [6, 6.07) is 24.2. The van der Waals surface area contributed by atoms with Gasteiger partial charge in [0.2, 0.25) is 11.8 Å². The Balaban J connectivity index is 1.37. The van der Waals surface area contributed by atoms with Crippen molar-refractivity contribution in [3.05, 3.63) is 94.8 Å². The molecule has 0 radical (unpaired) electrons. The van der Waals surface area contributed by atoms with Gasteiger partial charge in [-0.25, -0.2) is 4.98 Å². The number of ether oxygens (including phenoxy) is 1. The van der Waals surface area contributed by atoms with Crippen LogP contribution in [0.25, 0.3) is 10.9 Å². The summed E-state index contributed by atoms with van der Waals surface area (Å²) < 4.78 is 6.76. The van der Waals surface area contributed by atoms with Crippen LogP contribution in [0.4, 0.5) is 5.69 Å². The van der Waals surface area contributed by atoms with Crippen molar-refractivity contribution in [2.24, 2.45) is 0 Å². The number of hydrogen-bond donors (Lipinski definition) is 2. The topological polar surface area (TPSA) is 102 Å². The van der Waals surface area contributed by atoms with Gasteiger partial charge in [-0.15, -0.1) is 0 Å². The lowest BCUT2D eigenvalue weighted by Crippen LogP contribution is -2.27. The Hall–Kier alpha value is -4.11. The van der Waals surface area contributed by atoms with Gasteiger partial charge in [0.05, 0.1) is 23.8 Å². The molecule has 1 heterocycles. The third-order valence-corrected chi connectivity index (χ3v) is 6.85. The first-order valence-electron chi connectivity index (χ1n) is 12.4. The van der Waals surface area contributed by atoms with Crippen LogP contribution in [0.2, 0.25) is 0 Å². The van der Waals surface area contributed by atoms with Crippen molar-refractivity contribution >= 4 is 40.2 Å². The number of para-hydroxylation sites is 1. The van der Waals surface area contributed by atoms with E-state index in [9.17, 15) is 14.4 Å². The molecule has 196 valence electrons. The molecule has 0 atom stereocenters. The molecule has 0 spiro atoms. The molecule has 2 N–H and O–H groups in total. The van der Waals surface area contributed by atoms with Gasteiger partial charge in [0.15, 0.2) is 5.16 Å². The number of amides is 2. The van der Waals surface area contributed by atoms with E-state index in [1.807, 2.05) is 36.4 Å². The Kier molecular flexibility index (Phi) is 9.53. The van der Waals surface area contributed by atoms with E-state index in [-0.39, 0.29) is 29.5 Å². The molecule has 9 heteroatoms. The van der Waals surface area contributed by atoms with E-state index < -0.39 is 0 Å². The van der Waals surface area contributed by atoms with Crippen LogP contribution >= 0.6 is 11.8 Å². The highest BCUT2D eigenvalue weighted by atomic mass is 32.2. The minimum Gasteiger partial charge on any atom is -0.497 e. The highest BCUT2D eigenvalue weighted by Gasteiger charge is 2.14. The molecule has 0 saturated carbocycles. The zero-order chi connectivity index (χ0) is 26.7. The normalized spacial score (nSPS) is 10.8. The molecule has 8 nitrogen and oxygen atoms in total. The van der Waals surface area contributed by atoms with E-state index in [4.69, 9.17) is 4.74 Å². The molecule has 3 aromatic carbocycles. The molecule has 2 amide bonds. The van der Waals surface area contributed by atoms with E-state index >= 15 is 0 Å². The number of fused-ring (bicyclic) bond motifs is 1. The predicted molar refractivity (Wildman–Crippen MR) is 151 cm³/mol. The molecule has 38 heavy (non-hydrogen) atoms. The van der Waals surface area contributed by atoms with Gasteiger partial charge in [0.1, 0.15) is 5.75 Å². The minimum atomic E-state index is -0.227. The fourth-order valence-corrected chi connectivity index (χ4v) is 4.79. The number of carbonyl (C=O) groups excluding carboxylic acids is 2. The van der Waals surface area contributed by atoms with Crippen molar-refractivity contribution in [2.45, 2.75) is 31.0 Å². The van der Waals surface area contributed by atoms with Crippen LogP contribution in [0.3, 0.4) is 0 Å². The summed E-state index contributed by atoms with van der Waals surface area (Å²) in [4.78, 5) is 42.9. The molecule has 0 aliphatic carbocycles. The number of methoxy groups -OCH3 is 1. The third-order valence-electron chi connectivity index (χ3n) is 5.88. The van der Waals surface area contributed by atoms with E-state index in [0.29, 0.717) is 47.0 Å².